The summed E-state index contributed by atoms with van der Waals surface area (Å²) >= 11 is 1.19. The molecule has 2 aromatic heterocycles. The summed E-state index contributed by atoms with van der Waals surface area (Å²) in [5.41, 5.74) is -0.388. The van der Waals surface area contributed by atoms with Crippen LogP contribution in [0.3, 0.4) is 0 Å². The number of thiophene rings is 1. The topological polar surface area (TPSA) is 30.7 Å². The van der Waals surface area contributed by atoms with Gasteiger partial charge in [-0.1, -0.05) is 0 Å². The first-order valence-electron chi connectivity index (χ1n) is 7.82. The van der Waals surface area contributed by atoms with E-state index in [1.165, 1.54) is 43.1 Å². The van der Waals surface area contributed by atoms with E-state index in [1.807, 2.05) is 6.07 Å². The van der Waals surface area contributed by atoms with E-state index in [4.69, 9.17) is 0 Å². The van der Waals surface area contributed by atoms with Crippen molar-refractivity contribution in [1.29, 1.82) is 0 Å². The van der Waals surface area contributed by atoms with Crippen LogP contribution in [-0.2, 0) is 5.41 Å². The monoisotopic (exact) mass is 323 g/mol. The second-order valence-electron chi connectivity index (χ2n) is 6.88. The van der Waals surface area contributed by atoms with Gasteiger partial charge in [0, 0.05) is 16.8 Å². The van der Waals surface area contributed by atoms with Crippen LogP contribution >= 0.6 is 11.3 Å². The van der Waals surface area contributed by atoms with Crippen LogP contribution in [0.1, 0.15) is 79.3 Å². The minimum Gasteiger partial charge on any atom is -0.311 e. The van der Waals surface area contributed by atoms with Crippen molar-refractivity contribution in [3.63, 3.8) is 0 Å². The summed E-state index contributed by atoms with van der Waals surface area (Å²) in [5.74, 6) is 2.59. The molecule has 2 aliphatic carbocycles. The predicted octanol–water partition coefficient (Wildman–Crippen LogP) is 4.82. The van der Waals surface area contributed by atoms with Crippen molar-refractivity contribution in [2.45, 2.75) is 63.3 Å². The lowest BCUT2D eigenvalue weighted by Gasteiger charge is -2.24. The summed E-state index contributed by atoms with van der Waals surface area (Å²) in [5, 5.41) is 8.92. The molecule has 0 radical (unpaired) electrons. The molecule has 0 saturated heterocycles. The summed E-state index contributed by atoms with van der Waals surface area (Å²) < 4.78 is 28.1. The van der Waals surface area contributed by atoms with Gasteiger partial charge in [0.1, 0.15) is 11.6 Å². The lowest BCUT2D eigenvalue weighted by atomic mass is 9.90. The number of halogens is 2. The van der Waals surface area contributed by atoms with Gasteiger partial charge in [0.05, 0.1) is 10.3 Å². The van der Waals surface area contributed by atoms with E-state index >= 15 is 0 Å². The maximum absolute atomic E-state index is 12.9. The van der Waals surface area contributed by atoms with Crippen molar-refractivity contribution in [1.82, 2.24) is 14.8 Å². The van der Waals surface area contributed by atoms with E-state index in [2.05, 4.69) is 28.6 Å². The van der Waals surface area contributed by atoms with Crippen LogP contribution in [0.4, 0.5) is 8.78 Å². The minimum absolute atomic E-state index is 0.128. The molecule has 3 nitrogen and oxygen atoms in total. The predicted molar refractivity (Wildman–Crippen MR) is 81.7 cm³/mol. The van der Waals surface area contributed by atoms with Gasteiger partial charge in [0.15, 0.2) is 0 Å². The molecule has 0 unspecified atom stereocenters. The van der Waals surface area contributed by atoms with Crippen molar-refractivity contribution in [3.05, 3.63) is 33.5 Å². The molecule has 2 aliphatic rings. The lowest BCUT2D eigenvalue weighted by Crippen LogP contribution is -2.23. The van der Waals surface area contributed by atoms with Crippen LogP contribution in [0.25, 0.3) is 0 Å². The molecule has 4 rings (SSSR count). The maximum Gasteiger partial charge on any atom is 0.272 e. The first-order chi connectivity index (χ1) is 10.5. The molecular formula is C16H19F2N3S. The Hall–Kier alpha value is -1.30. The van der Waals surface area contributed by atoms with Crippen LogP contribution in [0.15, 0.2) is 12.1 Å². The fourth-order valence-corrected chi connectivity index (χ4v) is 3.92. The fraction of sp³-hybridized carbons (Fsp3) is 0.625. The van der Waals surface area contributed by atoms with E-state index in [0.717, 1.165) is 16.5 Å². The zero-order chi connectivity index (χ0) is 15.5. The van der Waals surface area contributed by atoms with Gasteiger partial charge in [0.2, 0.25) is 0 Å². The van der Waals surface area contributed by atoms with Gasteiger partial charge in [-0.15, -0.1) is 21.5 Å². The third-order valence-corrected chi connectivity index (χ3v) is 6.01. The van der Waals surface area contributed by atoms with Crippen LogP contribution in [0, 0.1) is 0 Å². The van der Waals surface area contributed by atoms with Crippen LogP contribution in [-0.4, -0.2) is 14.8 Å². The van der Waals surface area contributed by atoms with Crippen molar-refractivity contribution in [2.75, 3.05) is 0 Å². The summed E-state index contributed by atoms with van der Waals surface area (Å²) in [4.78, 5) is 1.06. The van der Waals surface area contributed by atoms with Crippen molar-refractivity contribution in [3.8, 4) is 0 Å². The lowest BCUT2D eigenvalue weighted by molar-refractivity contribution is 0.155. The molecule has 2 saturated carbocycles. The van der Waals surface area contributed by atoms with E-state index in [1.54, 1.807) is 0 Å². The van der Waals surface area contributed by atoms with Gasteiger partial charge in [-0.3, -0.25) is 0 Å². The largest absolute Gasteiger partial charge is 0.311 e. The number of alkyl halides is 2. The number of hydrogen-bond donors (Lipinski definition) is 0. The zero-order valence-electron chi connectivity index (χ0n) is 12.7. The minimum atomic E-state index is -2.40. The quantitative estimate of drug-likeness (QED) is 0.790. The molecule has 2 fully saturated rings. The van der Waals surface area contributed by atoms with Crippen LogP contribution in [0.5, 0.6) is 0 Å². The second kappa shape index (κ2) is 4.85. The Morgan fingerprint density at radius 1 is 1.18 bits per heavy atom. The van der Waals surface area contributed by atoms with Crippen molar-refractivity contribution < 1.29 is 8.78 Å². The van der Waals surface area contributed by atoms with Crippen LogP contribution in [0.2, 0.25) is 0 Å². The van der Waals surface area contributed by atoms with Gasteiger partial charge >= 0.3 is 0 Å². The van der Waals surface area contributed by atoms with E-state index in [-0.39, 0.29) is 10.3 Å². The highest BCUT2D eigenvalue weighted by atomic mass is 32.1. The normalized spacial score (nSPS) is 19.1. The number of hydrogen-bond acceptors (Lipinski definition) is 3. The van der Waals surface area contributed by atoms with Gasteiger partial charge < -0.3 is 4.57 Å². The number of aromatic nitrogens is 3. The fourth-order valence-electron chi connectivity index (χ4n) is 2.96. The molecule has 2 heterocycles. The third-order valence-electron chi connectivity index (χ3n) is 4.59. The van der Waals surface area contributed by atoms with E-state index < -0.39 is 6.43 Å². The Morgan fingerprint density at radius 2 is 1.91 bits per heavy atom. The summed E-state index contributed by atoms with van der Waals surface area (Å²) in [6, 6.07) is 3.86. The SMILES string of the molecule is CC(C)(c1ccc(C(F)F)s1)c1nnc(C2CC2)n1C1CC1. The molecule has 2 aromatic rings. The average molecular weight is 323 g/mol. The third kappa shape index (κ3) is 2.28. The molecule has 0 aliphatic heterocycles. The summed E-state index contributed by atoms with van der Waals surface area (Å²) in [7, 11) is 0. The molecule has 118 valence electrons. The van der Waals surface area contributed by atoms with Gasteiger partial charge in [-0.2, -0.15) is 0 Å². The van der Waals surface area contributed by atoms with Gasteiger partial charge in [0.25, 0.3) is 6.43 Å². The first kappa shape index (κ1) is 14.3. The Morgan fingerprint density at radius 3 is 2.45 bits per heavy atom. The molecule has 0 N–H and O–H groups in total. The Labute approximate surface area is 132 Å². The standard InChI is InChI=1S/C16H19F2N3S/c1-16(2,12-8-7-11(22-12)13(17)18)15-20-19-14(9-3-4-9)21(15)10-5-6-10/h7-10,13H,3-6H2,1-2H3. The van der Waals surface area contributed by atoms with E-state index in [9.17, 15) is 8.78 Å². The highest BCUT2D eigenvalue weighted by Crippen LogP contribution is 2.47. The molecule has 22 heavy (non-hydrogen) atoms. The van der Waals surface area contributed by atoms with Crippen molar-refractivity contribution >= 4 is 11.3 Å². The Kier molecular flexibility index (Phi) is 3.15. The molecule has 0 atom stereocenters. The number of rotatable bonds is 5. The van der Waals surface area contributed by atoms with Gasteiger partial charge in [-0.25, -0.2) is 8.78 Å². The average Bonchev–Trinajstić information content (AvgIpc) is 3.40. The highest BCUT2D eigenvalue weighted by Gasteiger charge is 2.41. The zero-order valence-corrected chi connectivity index (χ0v) is 13.5. The molecular weight excluding hydrogens is 304 g/mol. The second-order valence-corrected chi connectivity index (χ2v) is 8.00. The van der Waals surface area contributed by atoms with Crippen LogP contribution < -0.4 is 0 Å². The number of nitrogens with zero attached hydrogens (tertiary/aromatic N) is 3. The molecule has 6 heteroatoms. The Balaban J connectivity index is 1.75. The molecule has 0 bridgehead atoms. The molecule has 0 amide bonds. The smallest absolute Gasteiger partial charge is 0.272 e. The highest BCUT2D eigenvalue weighted by molar-refractivity contribution is 7.12. The maximum atomic E-state index is 12.9. The van der Waals surface area contributed by atoms with E-state index in [0.29, 0.717) is 12.0 Å². The first-order valence-corrected chi connectivity index (χ1v) is 8.63. The van der Waals surface area contributed by atoms with Gasteiger partial charge in [-0.05, 0) is 51.7 Å². The summed E-state index contributed by atoms with van der Waals surface area (Å²) in [6.07, 6.45) is 2.33. The molecule has 0 spiro atoms. The summed E-state index contributed by atoms with van der Waals surface area (Å²) in [6.45, 7) is 4.13. The Bertz CT molecular complexity index is 696. The molecule has 0 aromatic carbocycles. The van der Waals surface area contributed by atoms with Crippen molar-refractivity contribution in [2.24, 2.45) is 0 Å².